The van der Waals surface area contributed by atoms with Gasteiger partial charge in [-0.1, -0.05) is 109 Å². The molecule has 0 heterocycles. The molecule has 0 bridgehead atoms. The zero-order valence-electron chi connectivity index (χ0n) is 20.1. The molecule has 0 aliphatic carbocycles. The van der Waals surface area contributed by atoms with Crippen LogP contribution in [-0.2, 0) is 30.0 Å². The van der Waals surface area contributed by atoms with Crippen LogP contribution in [0.2, 0.25) is 0 Å². The maximum Gasteiger partial charge on any atom is 2.00 e. The van der Waals surface area contributed by atoms with Crippen LogP contribution in [0.3, 0.4) is 0 Å². The summed E-state index contributed by atoms with van der Waals surface area (Å²) in [4.78, 5) is 23.2. The molecule has 0 saturated carbocycles. The van der Waals surface area contributed by atoms with Crippen LogP contribution in [0.5, 0.6) is 0 Å². The van der Waals surface area contributed by atoms with E-state index in [4.69, 9.17) is 0 Å². The van der Waals surface area contributed by atoms with Gasteiger partial charge in [0.2, 0.25) is 0 Å². The van der Waals surface area contributed by atoms with E-state index in [9.17, 15) is 9.59 Å². The van der Waals surface area contributed by atoms with E-state index in [0.29, 0.717) is 0 Å². The number of rotatable bonds is 8. The van der Waals surface area contributed by atoms with Gasteiger partial charge < -0.3 is 9.59 Å². The third kappa shape index (κ3) is 12.4. The molecule has 0 spiro atoms. The molecule has 0 radical (unpaired) electrons. The second-order valence-corrected chi connectivity index (χ2v) is 7.60. The normalized spacial score (nSPS) is 10.8. The Morgan fingerprint density at radius 1 is 0.459 bits per heavy atom. The molecular weight excluding hydrogens is 547 g/mol. The third-order valence-corrected chi connectivity index (χ3v) is 4.79. The molecule has 4 rings (SSSR count). The predicted octanol–water partition coefficient (Wildman–Crippen LogP) is 7.35. The van der Waals surface area contributed by atoms with Gasteiger partial charge >= 0.3 is 20.4 Å². The minimum Gasteiger partial charge on any atom is -0.347 e. The average Bonchev–Trinajstić information content (AvgIpc) is 2.95. The van der Waals surface area contributed by atoms with E-state index < -0.39 is 0 Å². The monoisotopic (exact) mass is 572 g/mol. The molecule has 0 aliphatic rings. The Balaban J connectivity index is 0.000000253. The molecule has 4 aromatic carbocycles. The second-order valence-electron chi connectivity index (χ2n) is 7.60. The molecule has 0 atom stereocenters. The third-order valence-electron chi connectivity index (χ3n) is 4.79. The smallest absolute Gasteiger partial charge is 0.347 e. The topological polar surface area (TPSA) is 34.1 Å². The first-order chi connectivity index (χ1) is 17.7. The van der Waals surface area contributed by atoms with Gasteiger partial charge in [0.05, 0.1) is 0 Å². The van der Waals surface area contributed by atoms with Crippen molar-refractivity contribution in [3.63, 3.8) is 0 Å². The van der Waals surface area contributed by atoms with E-state index >= 15 is 0 Å². The summed E-state index contributed by atoms with van der Waals surface area (Å²) in [6.45, 7) is 0. The van der Waals surface area contributed by atoms with Crippen LogP contribution in [0.15, 0.2) is 146 Å². The summed E-state index contributed by atoms with van der Waals surface area (Å²) in [6.07, 6.45) is 15.5. The molecule has 2 nitrogen and oxygen atoms in total. The van der Waals surface area contributed by atoms with Crippen LogP contribution in [0.25, 0.3) is 12.2 Å². The van der Waals surface area contributed by atoms with Crippen LogP contribution in [0.4, 0.5) is 0 Å². The summed E-state index contributed by atoms with van der Waals surface area (Å²) < 4.78 is 0. The number of benzene rings is 4. The van der Waals surface area contributed by atoms with Crippen LogP contribution >= 0.6 is 0 Å². The van der Waals surface area contributed by atoms with Gasteiger partial charge in [0.15, 0.2) is 0 Å². The molecule has 0 amide bonds. The van der Waals surface area contributed by atoms with Crippen molar-refractivity contribution in [3.8, 4) is 0 Å². The van der Waals surface area contributed by atoms with E-state index in [1.807, 2.05) is 121 Å². The number of hydrogen-bond acceptors (Lipinski definition) is 2. The van der Waals surface area contributed by atoms with Crippen LogP contribution in [-0.4, -0.2) is 11.6 Å². The SMILES string of the molecule is O=C(C=[C-]c1ccccc1)C=Cc1ccccc1.O=C(C=[C-]c1ccccc1)C=Cc1ccccc1.[Pd+2]. The Kier molecular flexibility index (Phi) is 13.6. The molecule has 0 aromatic heterocycles. The largest absolute Gasteiger partial charge is 2.00 e. The van der Waals surface area contributed by atoms with Gasteiger partial charge in [0.1, 0.15) is 11.6 Å². The molecule has 37 heavy (non-hydrogen) atoms. The van der Waals surface area contributed by atoms with E-state index in [2.05, 4.69) is 12.2 Å². The van der Waals surface area contributed by atoms with E-state index in [1.54, 1.807) is 24.3 Å². The zero-order valence-corrected chi connectivity index (χ0v) is 21.7. The van der Waals surface area contributed by atoms with Crippen molar-refractivity contribution in [1.82, 2.24) is 0 Å². The first kappa shape index (κ1) is 29.1. The number of allylic oxidation sites excluding steroid dienone is 4. The Morgan fingerprint density at radius 3 is 1.08 bits per heavy atom. The summed E-state index contributed by atoms with van der Waals surface area (Å²) in [5, 5.41) is 0. The van der Waals surface area contributed by atoms with Crippen molar-refractivity contribution in [1.29, 1.82) is 0 Å². The van der Waals surface area contributed by atoms with Gasteiger partial charge in [-0.3, -0.25) is 0 Å². The molecule has 0 fully saturated rings. The molecule has 184 valence electrons. The Bertz CT molecular complexity index is 1110. The molecule has 3 heteroatoms. The van der Waals surface area contributed by atoms with Gasteiger partial charge in [-0.2, -0.15) is 0 Å². The van der Waals surface area contributed by atoms with Crippen molar-refractivity contribution >= 4 is 23.7 Å². The fourth-order valence-electron chi connectivity index (χ4n) is 2.96. The number of ketones is 2. The summed E-state index contributed by atoms with van der Waals surface area (Å²) in [6, 6.07) is 38.6. The first-order valence-corrected chi connectivity index (χ1v) is 11.5. The Hall–Kier alpha value is -4.16. The first-order valence-electron chi connectivity index (χ1n) is 11.5. The molecule has 0 aliphatic heterocycles. The predicted molar refractivity (Wildman–Crippen MR) is 148 cm³/mol. The number of hydrogen-bond donors (Lipinski definition) is 0. The number of carbonyl (C=O) groups is 2. The zero-order chi connectivity index (χ0) is 25.3. The van der Waals surface area contributed by atoms with Crippen LogP contribution in [0, 0.1) is 12.2 Å². The summed E-state index contributed by atoms with van der Waals surface area (Å²) in [7, 11) is 0. The van der Waals surface area contributed by atoms with Crippen LogP contribution in [0.1, 0.15) is 22.3 Å². The van der Waals surface area contributed by atoms with Gasteiger partial charge in [0, 0.05) is 0 Å². The maximum absolute atomic E-state index is 11.6. The molecular formula is C34H26O2Pd. The van der Waals surface area contributed by atoms with Crippen LogP contribution < -0.4 is 0 Å². The fraction of sp³-hybridized carbons (Fsp3) is 0. The van der Waals surface area contributed by atoms with Gasteiger partial charge in [-0.15, -0.1) is 71.8 Å². The van der Waals surface area contributed by atoms with Crippen molar-refractivity contribution in [2.45, 2.75) is 0 Å². The van der Waals surface area contributed by atoms with Crippen molar-refractivity contribution in [3.05, 3.63) is 180 Å². The van der Waals surface area contributed by atoms with Gasteiger partial charge in [0.25, 0.3) is 0 Å². The van der Waals surface area contributed by atoms with Crippen molar-refractivity contribution < 1.29 is 30.0 Å². The van der Waals surface area contributed by atoms with E-state index in [1.165, 1.54) is 12.2 Å². The molecule has 0 N–H and O–H groups in total. The van der Waals surface area contributed by atoms with Gasteiger partial charge in [-0.05, 0) is 11.1 Å². The summed E-state index contributed by atoms with van der Waals surface area (Å²) in [5.74, 6) is -0.134. The molecule has 0 unspecified atom stereocenters. The fourth-order valence-corrected chi connectivity index (χ4v) is 2.96. The Labute approximate surface area is 233 Å². The van der Waals surface area contributed by atoms with Crippen molar-refractivity contribution in [2.24, 2.45) is 0 Å². The number of carbonyl (C=O) groups excluding carboxylic acids is 2. The minimum atomic E-state index is -0.0669. The molecule has 4 aromatic rings. The summed E-state index contributed by atoms with van der Waals surface area (Å²) >= 11 is 0. The average molecular weight is 573 g/mol. The van der Waals surface area contributed by atoms with E-state index in [-0.39, 0.29) is 32.0 Å². The molecule has 0 saturated heterocycles. The summed E-state index contributed by atoms with van der Waals surface area (Å²) in [5.41, 5.74) is 3.83. The van der Waals surface area contributed by atoms with Gasteiger partial charge in [-0.25, -0.2) is 0 Å². The Morgan fingerprint density at radius 2 is 0.757 bits per heavy atom. The quantitative estimate of drug-likeness (QED) is 0.126. The van der Waals surface area contributed by atoms with Crippen molar-refractivity contribution in [2.75, 3.05) is 0 Å². The minimum absolute atomic E-state index is 0. The van der Waals surface area contributed by atoms with E-state index in [0.717, 1.165) is 22.3 Å². The standard InChI is InChI=1S/2C17H13O.Pd/c2*18-17(13-11-15-7-3-1-4-8-15)14-12-16-9-5-2-6-10-16;/h2*1-11,13-14H;/q2*-1;+2. The maximum atomic E-state index is 11.6. The second kappa shape index (κ2) is 17.3.